The molecule has 0 radical (unpaired) electrons. The van der Waals surface area contributed by atoms with E-state index in [9.17, 15) is 0 Å². The number of hydrogen-bond donors (Lipinski definition) is 2. The molecule has 3 aromatic rings. The second-order valence-electron chi connectivity index (χ2n) is 8.06. The molecule has 2 heterocycles. The third kappa shape index (κ3) is 5.19. The van der Waals surface area contributed by atoms with E-state index in [-0.39, 0.29) is 0 Å². The first-order valence-corrected chi connectivity index (χ1v) is 11.3. The number of benzene rings is 2. The number of aromatic nitrogens is 2. The van der Waals surface area contributed by atoms with E-state index in [1.807, 2.05) is 11.6 Å². The van der Waals surface area contributed by atoms with E-state index < -0.39 is 0 Å². The highest BCUT2D eigenvalue weighted by Gasteiger charge is 2.10. The van der Waals surface area contributed by atoms with Gasteiger partial charge in [0, 0.05) is 37.6 Å². The summed E-state index contributed by atoms with van der Waals surface area (Å²) in [5, 5.41) is 11.5. The van der Waals surface area contributed by atoms with Gasteiger partial charge in [0.15, 0.2) is 5.96 Å². The van der Waals surface area contributed by atoms with Crippen molar-refractivity contribution in [3.8, 4) is 5.69 Å². The zero-order valence-electron chi connectivity index (χ0n) is 19.2. The summed E-state index contributed by atoms with van der Waals surface area (Å²) in [6.07, 6.45) is 4.42. The van der Waals surface area contributed by atoms with Crippen molar-refractivity contribution in [2.24, 2.45) is 4.99 Å². The van der Waals surface area contributed by atoms with Gasteiger partial charge in [-0.2, -0.15) is 5.10 Å². The molecule has 166 valence electrons. The molecule has 1 aliphatic rings. The van der Waals surface area contributed by atoms with E-state index in [0.29, 0.717) is 13.1 Å². The van der Waals surface area contributed by atoms with Gasteiger partial charge in [-0.25, -0.2) is 9.67 Å². The number of hydrogen-bond acceptors (Lipinski definition) is 3. The molecule has 0 bridgehead atoms. The largest absolute Gasteiger partial charge is 0.364 e. The van der Waals surface area contributed by atoms with Crippen molar-refractivity contribution in [2.75, 3.05) is 24.5 Å². The van der Waals surface area contributed by atoms with E-state index in [2.05, 4.69) is 101 Å². The predicted octanol–water partition coefficient (Wildman–Crippen LogP) is 4.12. The number of guanidine groups is 1. The first kappa shape index (κ1) is 21.7. The molecule has 2 N–H and O–H groups in total. The van der Waals surface area contributed by atoms with Gasteiger partial charge in [-0.15, -0.1) is 0 Å². The van der Waals surface area contributed by atoms with Crippen molar-refractivity contribution in [1.82, 2.24) is 20.4 Å². The first-order valence-electron chi connectivity index (χ1n) is 11.3. The number of nitrogens with zero attached hydrogens (tertiary/aromatic N) is 4. The summed E-state index contributed by atoms with van der Waals surface area (Å²) >= 11 is 0. The Balaban J connectivity index is 1.43. The van der Waals surface area contributed by atoms with Gasteiger partial charge in [0.1, 0.15) is 0 Å². The van der Waals surface area contributed by atoms with Crippen molar-refractivity contribution in [2.45, 2.75) is 33.9 Å². The molecule has 0 atom stereocenters. The number of aliphatic imine (C=N–C) groups is 1. The Morgan fingerprint density at radius 1 is 1.00 bits per heavy atom. The van der Waals surface area contributed by atoms with Gasteiger partial charge in [0.05, 0.1) is 17.9 Å². The molecular formula is C26H32N6. The fourth-order valence-corrected chi connectivity index (χ4v) is 3.93. The fraction of sp³-hybridized carbons (Fsp3) is 0.308. The molecule has 1 aliphatic heterocycles. The minimum atomic E-state index is 0.632. The van der Waals surface area contributed by atoms with Crippen molar-refractivity contribution in [3.63, 3.8) is 0 Å². The molecule has 0 unspecified atom stereocenters. The standard InChI is InChI=1S/C26H32N6/c1-4-27-26(28-18-22-11-13-24(14-12-22)31-15-7-8-16-31)29-19-23-9-5-6-10-25(23)32-21(3)17-20(2)30-32/h5-14,17H,4,15-16,18-19H2,1-3H3,(H2,27,28,29). The summed E-state index contributed by atoms with van der Waals surface area (Å²) in [4.78, 5) is 7.14. The molecule has 0 aliphatic carbocycles. The van der Waals surface area contributed by atoms with E-state index >= 15 is 0 Å². The highest BCUT2D eigenvalue weighted by molar-refractivity contribution is 5.79. The zero-order valence-corrected chi connectivity index (χ0v) is 19.2. The van der Waals surface area contributed by atoms with Crippen LogP contribution in [0, 0.1) is 13.8 Å². The SMILES string of the molecule is CCNC(=NCc1ccc(N2CC=CC2)cc1)NCc1ccccc1-n1nc(C)cc1C. The Labute approximate surface area is 190 Å². The van der Waals surface area contributed by atoms with Gasteiger partial charge in [-0.3, -0.25) is 0 Å². The van der Waals surface area contributed by atoms with E-state index in [0.717, 1.165) is 42.7 Å². The van der Waals surface area contributed by atoms with Crippen LogP contribution in [0.15, 0.2) is 71.7 Å². The first-order chi connectivity index (χ1) is 15.6. The van der Waals surface area contributed by atoms with Gasteiger partial charge >= 0.3 is 0 Å². The lowest BCUT2D eigenvalue weighted by atomic mass is 10.1. The predicted molar refractivity (Wildman–Crippen MR) is 132 cm³/mol. The van der Waals surface area contributed by atoms with Crippen molar-refractivity contribution in [1.29, 1.82) is 0 Å². The molecule has 0 amide bonds. The van der Waals surface area contributed by atoms with E-state index in [1.165, 1.54) is 16.8 Å². The average Bonchev–Trinajstić information content (AvgIpc) is 3.46. The number of aryl methyl sites for hydroxylation is 2. The lowest BCUT2D eigenvalue weighted by Gasteiger charge is -2.17. The maximum Gasteiger partial charge on any atom is 0.191 e. The Morgan fingerprint density at radius 3 is 2.44 bits per heavy atom. The highest BCUT2D eigenvalue weighted by atomic mass is 15.3. The number of nitrogens with one attached hydrogen (secondary N) is 2. The van der Waals surface area contributed by atoms with Crippen LogP contribution in [0.1, 0.15) is 29.4 Å². The molecule has 0 fully saturated rings. The van der Waals surface area contributed by atoms with Crippen LogP contribution in [0.3, 0.4) is 0 Å². The Bertz CT molecular complexity index is 1090. The maximum absolute atomic E-state index is 4.80. The Hall–Kier alpha value is -3.54. The normalized spacial score (nSPS) is 13.6. The summed E-state index contributed by atoms with van der Waals surface area (Å²) in [5.74, 6) is 0.809. The summed E-state index contributed by atoms with van der Waals surface area (Å²) in [6.45, 7) is 10.3. The second-order valence-corrected chi connectivity index (χ2v) is 8.06. The molecule has 6 heteroatoms. The van der Waals surface area contributed by atoms with Crippen molar-refractivity contribution >= 4 is 11.6 Å². The van der Waals surface area contributed by atoms with Gasteiger partial charge in [-0.1, -0.05) is 42.5 Å². The summed E-state index contributed by atoms with van der Waals surface area (Å²) in [7, 11) is 0. The topological polar surface area (TPSA) is 57.5 Å². The number of rotatable bonds is 7. The third-order valence-corrected chi connectivity index (χ3v) is 5.56. The fourth-order valence-electron chi connectivity index (χ4n) is 3.93. The maximum atomic E-state index is 4.80. The van der Waals surface area contributed by atoms with Crippen molar-refractivity contribution < 1.29 is 0 Å². The van der Waals surface area contributed by atoms with Gasteiger partial charge in [0.25, 0.3) is 0 Å². The summed E-state index contributed by atoms with van der Waals surface area (Å²) < 4.78 is 2.01. The summed E-state index contributed by atoms with van der Waals surface area (Å²) in [5.41, 5.74) is 6.87. The number of para-hydroxylation sites is 1. The molecule has 6 nitrogen and oxygen atoms in total. The lowest BCUT2D eigenvalue weighted by Crippen LogP contribution is -2.37. The van der Waals surface area contributed by atoms with Crippen LogP contribution < -0.4 is 15.5 Å². The van der Waals surface area contributed by atoms with Crippen LogP contribution in [0.25, 0.3) is 5.69 Å². The van der Waals surface area contributed by atoms with Gasteiger partial charge in [-0.05, 0) is 56.2 Å². The van der Waals surface area contributed by atoms with Crippen LogP contribution in [-0.2, 0) is 13.1 Å². The molecule has 0 spiro atoms. The molecule has 4 rings (SSSR count). The van der Waals surface area contributed by atoms with E-state index in [4.69, 9.17) is 4.99 Å². The van der Waals surface area contributed by atoms with Crippen LogP contribution in [0.5, 0.6) is 0 Å². The van der Waals surface area contributed by atoms with Gasteiger partial charge < -0.3 is 15.5 Å². The zero-order chi connectivity index (χ0) is 22.3. The highest BCUT2D eigenvalue weighted by Crippen LogP contribution is 2.18. The Kier molecular flexibility index (Phi) is 6.90. The third-order valence-electron chi connectivity index (χ3n) is 5.56. The Morgan fingerprint density at radius 2 is 1.75 bits per heavy atom. The molecule has 32 heavy (non-hydrogen) atoms. The number of anilines is 1. The molecular weight excluding hydrogens is 396 g/mol. The minimum Gasteiger partial charge on any atom is -0.364 e. The summed E-state index contributed by atoms with van der Waals surface area (Å²) in [6, 6.07) is 19.2. The molecule has 0 saturated heterocycles. The van der Waals surface area contributed by atoms with Crippen LogP contribution in [0.2, 0.25) is 0 Å². The molecule has 2 aromatic carbocycles. The molecule has 0 saturated carbocycles. The quantitative estimate of drug-likeness (QED) is 0.338. The van der Waals surface area contributed by atoms with Crippen LogP contribution in [0.4, 0.5) is 5.69 Å². The van der Waals surface area contributed by atoms with E-state index in [1.54, 1.807) is 0 Å². The minimum absolute atomic E-state index is 0.632. The van der Waals surface area contributed by atoms with Gasteiger partial charge in [0.2, 0.25) is 0 Å². The monoisotopic (exact) mass is 428 g/mol. The average molecular weight is 429 g/mol. The lowest BCUT2D eigenvalue weighted by molar-refractivity contribution is 0.783. The van der Waals surface area contributed by atoms with Crippen LogP contribution in [-0.4, -0.2) is 35.4 Å². The smallest absolute Gasteiger partial charge is 0.191 e. The van der Waals surface area contributed by atoms with Crippen molar-refractivity contribution in [3.05, 3.63) is 89.3 Å². The van der Waals surface area contributed by atoms with Crippen LogP contribution >= 0.6 is 0 Å². The molecule has 1 aromatic heterocycles. The second kappa shape index (κ2) is 10.2.